The number of carbonyl (C=O) groups excluding carboxylic acids is 1. The van der Waals surface area contributed by atoms with Gasteiger partial charge >= 0.3 is 5.97 Å². The topological polar surface area (TPSA) is 52.3 Å². The highest BCUT2D eigenvalue weighted by Crippen LogP contribution is 2.25. The highest BCUT2D eigenvalue weighted by atomic mass is 35.5. The summed E-state index contributed by atoms with van der Waals surface area (Å²) in [4.78, 5) is 11.3. The minimum absolute atomic E-state index is 0. The van der Waals surface area contributed by atoms with Crippen LogP contribution >= 0.6 is 12.4 Å². The lowest BCUT2D eigenvalue weighted by molar-refractivity contribution is -0.152. The third-order valence-corrected chi connectivity index (χ3v) is 2.26. The molecule has 0 radical (unpaired) electrons. The Morgan fingerprint density at radius 2 is 1.77 bits per heavy atom. The first-order valence-electron chi connectivity index (χ1n) is 4.18. The van der Waals surface area contributed by atoms with E-state index < -0.39 is 5.41 Å². The van der Waals surface area contributed by atoms with Crippen LogP contribution in [0.5, 0.6) is 0 Å². The molecule has 1 atom stereocenters. The van der Waals surface area contributed by atoms with Crippen molar-refractivity contribution in [1.29, 1.82) is 0 Å². The zero-order valence-electron chi connectivity index (χ0n) is 8.96. The van der Waals surface area contributed by atoms with Gasteiger partial charge in [-0.25, -0.2) is 0 Å². The van der Waals surface area contributed by atoms with Crippen LogP contribution in [0.15, 0.2) is 0 Å². The minimum atomic E-state index is -0.594. The van der Waals surface area contributed by atoms with Crippen molar-refractivity contribution in [2.45, 2.75) is 33.7 Å². The molecule has 0 saturated heterocycles. The van der Waals surface area contributed by atoms with Gasteiger partial charge in [-0.2, -0.15) is 0 Å². The number of carbonyl (C=O) groups is 1. The van der Waals surface area contributed by atoms with E-state index in [1.54, 1.807) is 0 Å². The van der Waals surface area contributed by atoms with Crippen LogP contribution in [0.2, 0.25) is 0 Å². The van der Waals surface area contributed by atoms with Crippen molar-refractivity contribution in [3.05, 3.63) is 0 Å². The molecule has 0 bridgehead atoms. The molecule has 4 heteroatoms. The van der Waals surface area contributed by atoms with Crippen molar-refractivity contribution < 1.29 is 9.53 Å². The molecule has 0 saturated carbocycles. The fourth-order valence-corrected chi connectivity index (χ4v) is 1.23. The first-order valence-corrected chi connectivity index (χ1v) is 4.18. The summed E-state index contributed by atoms with van der Waals surface area (Å²) in [5, 5.41) is 0. The van der Waals surface area contributed by atoms with Crippen LogP contribution in [0.3, 0.4) is 0 Å². The van der Waals surface area contributed by atoms with Crippen molar-refractivity contribution in [2.24, 2.45) is 17.1 Å². The average Bonchev–Trinajstić information content (AvgIpc) is 2.01. The molecule has 0 aliphatic rings. The van der Waals surface area contributed by atoms with E-state index in [0.717, 1.165) is 0 Å². The van der Waals surface area contributed by atoms with E-state index in [-0.39, 0.29) is 30.3 Å². The van der Waals surface area contributed by atoms with E-state index in [4.69, 9.17) is 5.73 Å². The maximum Gasteiger partial charge on any atom is 0.312 e. The SMILES string of the molecule is COC(=O)C(C)(C)[C@@H](N)C(C)C.Cl. The van der Waals surface area contributed by atoms with Crippen molar-refractivity contribution in [3.8, 4) is 0 Å². The van der Waals surface area contributed by atoms with Crippen LogP contribution in [0, 0.1) is 11.3 Å². The molecule has 0 rings (SSSR count). The molecule has 13 heavy (non-hydrogen) atoms. The summed E-state index contributed by atoms with van der Waals surface area (Å²) in [6.45, 7) is 7.61. The van der Waals surface area contributed by atoms with Gasteiger partial charge in [0.25, 0.3) is 0 Å². The molecule has 0 amide bonds. The molecular formula is C9H20ClNO2. The molecule has 0 heterocycles. The Morgan fingerprint density at radius 1 is 1.38 bits per heavy atom. The van der Waals surface area contributed by atoms with Gasteiger partial charge in [0, 0.05) is 6.04 Å². The van der Waals surface area contributed by atoms with Gasteiger partial charge in [0.05, 0.1) is 12.5 Å². The standard InChI is InChI=1S/C9H19NO2.ClH/c1-6(2)7(10)9(3,4)8(11)12-5;/h6-7H,10H2,1-5H3;1H/t7-;/m0./s1. The van der Waals surface area contributed by atoms with E-state index >= 15 is 0 Å². The third kappa shape index (κ3) is 3.53. The molecule has 0 aliphatic carbocycles. The molecule has 80 valence electrons. The van der Waals surface area contributed by atoms with Crippen molar-refractivity contribution >= 4 is 18.4 Å². The fraction of sp³-hybridized carbons (Fsp3) is 0.889. The molecule has 0 aromatic carbocycles. The summed E-state index contributed by atoms with van der Waals surface area (Å²) < 4.78 is 4.67. The lowest BCUT2D eigenvalue weighted by Gasteiger charge is -2.31. The quantitative estimate of drug-likeness (QED) is 0.719. The minimum Gasteiger partial charge on any atom is -0.469 e. The lowest BCUT2D eigenvalue weighted by Crippen LogP contribution is -2.47. The molecule has 0 aromatic heterocycles. The number of halogens is 1. The Hall–Kier alpha value is -0.280. The van der Waals surface area contributed by atoms with E-state index in [1.807, 2.05) is 27.7 Å². The summed E-state index contributed by atoms with van der Waals surface area (Å²) in [5.41, 5.74) is 5.28. The van der Waals surface area contributed by atoms with Crippen LogP contribution < -0.4 is 5.73 Å². The molecule has 0 unspecified atom stereocenters. The first kappa shape index (κ1) is 15.2. The number of hydrogen-bond acceptors (Lipinski definition) is 3. The van der Waals surface area contributed by atoms with Crippen LogP contribution in [0.25, 0.3) is 0 Å². The Kier molecular flexibility index (Phi) is 6.37. The largest absolute Gasteiger partial charge is 0.469 e. The second-order valence-corrected chi connectivity index (χ2v) is 3.98. The monoisotopic (exact) mass is 209 g/mol. The second-order valence-electron chi connectivity index (χ2n) is 3.98. The summed E-state index contributed by atoms with van der Waals surface area (Å²) in [6.07, 6.45) is 0. The Labute approximate surface area is 86.4 Å². The molecule has 2 N–H and O–H groups in total. The van der Waals surface area contributed by atoms with Crippen LogP contribution in [0.4, 0.5) is 0 Å². The van der Waals surface area contributed by atoms with E-state index in [9.17, 15) is 4.79 Å². The predicted octanol–water partition coefficient (Wildman–Crippen LogP) is 1.59. The fourth-order valence-electron chi connectivity index (χ4n) is 1.23. The van der Waals surface area contributed by atoms with Crippen molar-refractivity contribution in [3.63, 3.8) is 0 Å². The van der Waals surface area contributed by atoms with Gasteiger partial charge in [0.15, 0.2) is 0 Å². The predicted molar refractivity (Wildman–Crippen MR) is 55.9 cm³/mol. The normalized spacial score (nSPS) is 13.5. The molecule has 3 nitrogen and oxygen atoms in total. The molecule has 0 spiro atoms. The van der Waals surface area contributed by atoms with Crippen LogP contribution in [-0.2, 0) is 9.53 Å². The van der Waals surface area contributed by atoms with Crippen molar-refractivity contribution in [2.75, 3.05) is 7.11 Å². The molecule has 0 fully saturated rings. The van der Waals surface area contributed by atoms with E-state index in [0.29, 0.717) is 0 Å². The number of esters is 1. The second kappa shape index (κ2) is 5.45. The maximum atomic E-state index is 11.3. The smallest absolute Gasteiger partial charge is 0.312 e. The van der Waals surface area contributed by atoms with Gasteiger partial charge in [-0.3, -0.25) is 4.79 Å². The summed E-state index contributed by atoms with van der Waals surface area (Å²) in [7, 11) is 1.39. The van der Waals surface area contributed by atoms with Gasteiger partial charge < -0.3 is 10.5 Å². The molecular weight excluding hydrogens is 190 g/mol. The number of methoxy groups -OCH3 is 1. The summed E-state index contributed by atoms with van der Waals surface area (Å²) in [6, 6.07) is -0.162. The summed E-state index contributed by atoms with van der Waals surface area (Å²) in [5.74, 6) is 0.0304. The Balaban J connectivity index is 0. The number of ether oxygens (including phenoxy) is 1. The average molecular weight is 210 g/mol. The van der Waals surface area contributed by atoms with Crippen LogP contribution in [-0.4, -0.2) is 19.1 Å². The molecule has 0 aromatic rings. The maximum absolute atomic E-state index is 11.3. The summed E-state index contributed by atoms with van der Waals surface area (Å²) >= 11 is 0. The third-order valence-electron chi connectivity index (χ3n) is 2.26. The number of hydrogen-bond donors (Lipinski definition) is 1. The highest BCUT2D eigenvalue weighted by Gasteiger charge is 2.36. The van der Waals surface area contributed by atoms with Gasteiger partial charge in [-0.15, -0.1) is 12.4 Å². The van der Waals surface area contributed by atoms with Gasteiger partial charge in [0.1, 0.15) is 0 Å². The van der Waals surface area contributed by atoms with Gasteiger partial charge in [-0.05, 0) is 19.8 Å². The number of nitrogens with two attached hydrogens (primary N) is 1. The van der Waals surface area contributed by atoms with Gasteiger partial charge in [-0.1, -0.05) is 13.8 Å². The highest BCUT2D eigenvalue weighted by molar-refractivity contribution is 5.85. The first-order chi connectivity index (χ1) is 5.34. The van der Waals surface area contributed by atoms with Crippen LogP contribution in [0.1, 0.15) is 27.7 Å². The zero-order chi connectivity index (χ0) is 9.94. The number of rotatable bonds is 3. The van der Waals surface area contributed by atoms with Gasteiger partial charge in [0.2, 0.25) is 0 Å². The molecule has 0 aliphatic heterocycles. The van der Waals surface area contributed by atoms with E-state index in [1.165, 1.54) is 7.11 Å². The van der Waals surface area contributed by atoms with E-state index in [2.05, 4.69) is 4.74 Å². The zero-order valence-corrected chi connectivity index (χ0v) is 9.77. The Morgan fingerprint density at radius 3 is 2.00 bits per heavy atom. The Bertz CT molecular complexity index is 169. The van der Waals surface area contributed by atoms with Crippen molar-refractivity contribution in [1.82, 2.24) is 0 Å². The lowest BCUT2D eigenvalue weighted by atomic mass is 9.79.